The molecule has 0 unspecified atom stereocenters. The fraction of sp³-hybridized carbons (Fsp3) is 0.0476. The van der Waals surface area contributed by atoms with E-state index in [2.05, 4.69) is 107 Å². The Balaban J connectivity index is 1.14. The minimum Gasteiger partial charge on any atom is -0.456 e. The Morgan fingerprint density at radius 3 is 1.80 bits per heavy atom. The molecule has 4 nitrogen and oxygen atoms in total. The molecule has 8 aromatic rings. The third kappa shape index (κ3) is 4.68. The van der Waals surface area contributed by atoms with Crippen LogP contribution in [0.4, 0.5) is 0 Å². The van der Waals surface area contributed by atoms with Crippen molar-refractivity contribution in [2.45, 2.75) is 13.2 Å². The molecule has 0 saturated carbocycles. The van der Waals surface area contributed by atoms with Crippen LogP contribution in [0.15, 0.2) is 151 Å². The summed E-state index contributed by atoms with van der Waals surface area (Å²) in [5.74, 6) is 0. The molecule has 0 atom stereocenters. The summed E-state index contributed by atoms with van der Waals surface area (Å²) >= 11 is 0. The molecule has 1 aliphatic rings. The van der Waals surface area contributed by atoms with Crippen LogP contribution in [-0.4, -0.2) is 9.97 Å². The highest BCUT2D eigenvalue weighted by atomic mass is 16.5. The monoisotopic (exact) mass is 592 g/mol. The van der Waals surface area contributed by atoms with Crippen molar-refractivity contribution in [3.05, 3.63) is 157 Å². The van der Waals surface area contributed by atoms with Crippen LogP contribution in [0.5, 0.6) is 0 Å². The predicted molar refractivity (Wildman–Crippen MR) is 185 cm³/mol. The van der Waals surface area contributed by atoms with Crippen molar-refractivity contribution < 1.29 is 9.15 Å². The minimum absolute atomic E-state index is 0.561. The van der Waals surface area contributed by atoms with Gasteiger partial charge in [0.15, 0.2) is 0 Å². The molecular formula is C42H28N2O2. The molecule has 0 amide bonds. The Morgan fingerprint density at radius 2 is 1.04 bits per heavy atom. The number of nitrogens with zero attached hydrogens (tertiary/aromatic N) is 2. The first-order valence-electron chi connectivity index (χ1n) is 15.5. The van der Waals surface area contributed by atoms with E-state index in [-0.39, 0.29) is 0 Å². The van der Waals surface area contributed by atoms with Crippen LogP contribution in [0.2, 0.25) is 0 Å². The molecule has 0 N–H and O–H groups in total. The summed E-state index contributed by atoms with van der Waals surface area (Å²) in [6.45, 7) is 1.13. The van der Waals surface area contributed by atoms with Crippen LogP contribution in [0, 0.1) is 0 Å². The lowest BCUT2D eigenvalue weighted by molar-refractivity contribution is 0.110. The van der Waals surface area contributed by atoms with Gasteiger partial charge in [-0.25, -0.2) is 0 Å². The number of hydrogen-bond donors (Lipinski definition) is 0. The maximum absolute atomic E-state index is 6.22. The van der Waals surface area contributed by atoms with Gasteiger partial charge in [-0.05, 0) is 116 Å². The summed E-state index contributed by atoms with van der Waals surface area (Å²) in [7, 11) is 0. The number of ether oxygens (including phenoxy) is 1. The quantitative estimate of drug-likeness (QED) is 0.204. The van der Waals surface area contributed by atoms with Gasteiger partial charge in [0.1, 0.15) is 11.2 Å². The molecular weight excluding hydrogens is 564 g/mol. The number of aromatic nitrogens is 2. The fourth-order valence-corrected chi connectivity index (χ4v) is 6.66. The second kappa shape index (κ2) is 11.0. The normalized spacial score (nSPS) is 12.5. The molecule has 5 aromatic carbocycles. The molecule has 1 aliphatic heterocycles. The first kappa shape index (κ1) is 26.6. The van der Waals surface area contributed by atoms with Gasteiger partial charge in [0.25, 0.3) is 0 Å². The van der Waals surface area contributed by atoms with E-state index < -0.39 is 0 Å². The molecule has 0 radical (unpaired) electrons. The number of furan rings is 1. The summed E-state index contributed by atoms with van der Waals surface area (Å²) in [6, 6.07) is 43.1. The Labute approximate surface area is 266 Å². The SMILES string of the molecule is c1cncc(-c2cc(-c3cccnc3)cc(-c3ccc4c(c3)-c3ccc(-c5ccc6oc7ccccc7c6c5)cc3COC4)c2)c1. The standard InChI is InChI=1S/C42H28N2O2/c1-2-8-41-38(7-1)40-22-28(12-14-42(40)46-41)27-11-13-37-36(17-27)26-45-25-32-10-9-29(21-39(32)37)33-18-34(30-5-3-15-43-23-30)20-35(19-33)31-6-4-16-44-24-31/h1-24H,25-26H2. The van der Waals surface area contributed by atoms with Gasteiger partial charge in [-0.1, -0.05) is 60.7 Å². The maximum atomic E-state index is 6.22. The minimum atomic E-state index is 0.561. The number of para-hydroxylation sites is 1. The highest BCUT2D eigenvalue weighted by Gasteiger charge is 2.18. The summed E-state index contributed by atoms with van der Waals surface area (Å²) in [5.41, 5.74) is 15.7. The second-order valence-corrected chi connectivity index (χ2v) is 11.8. The second-order valence-electron chi connectivity index (χ2n) is 11.8. The Hall–Kier alpha value is -5.84. The Morgan fingerprint density at radius 1 is 0.413 bits per heavy atom. The van der Waals surface area contributed by atoms with E-state index in [4.69, 9.17) is 9.15 Å². The zero-order valence-electron chi connectivity index (χ0n) is 25.0. The van der Waals surface area contributed by atoms with Crippen molar-refractivity contribution in [2.24, 2.45) is 0 Å². The van der Waals surface area contributed by atoms with Gasteiger partial charge in [0.2, 0.25) is 0 Å². The lowest BCUT2D eigenvalue weighted by Crippen LogP contribution is -1.92. The molecule has 0 spiro atoms. The van der Waals surface area contributed by atoms with E-state index in [9.17, 15) is 0 Å². The van der Waals surface area contributed by atoms with Crippen molar-refractivity contribution in [2.75, 3.05) is 0 Å². The first-order chi connectivity index (χ1) is 22.8. The summed E-state index contributed by atoms with van der Waals surface area (Å²) in [6.07, 6.45) is 7.46. The average Bonchev–Trinajstić information content (AvgIpc) is 3.40. The van der Waals surface area contributed by atoms with E-state index in [1.54, 1.807) is 0 Å². The number of pyridine rings is 2. The van der Waals surface area contributed by atoms with E-state index >= 15 is 0 Å². The molecule has 0 fully saturated rings. The van der Waals surface area contributed by atoms with Crippen molar-refractivity contribution >= 4 is 21.9 Å². The molecule has 0 bridgehead atoms. The van der Waals surface area contributed by atoms with Gasteiger partial charge in [-0.15, -0.1) is 0 Å². The van der Waals surface area contributed by atoms with Crippen molar-refractivity contribution in [1.82, 2.24) is 9.97 Å². The van der Waals surface area contributed by atoms with Gasteiger partial charge in [-0.2, -0.15) is 0 Å². The van der Waals surface area contributed by atoms with Crippen LogP contribution < -0.4 is 0 Å². The topological polar surface area (TPSA) is 48.2 Å². The van der Waals surface area contributed by atoms with E-state index in [1.807, 2.05) is 49.1 Å². The molecule has 0 aliphatic carbocycles. The number of fused-ring (bicyclic) bond motifs is 6. The molecule has 4 heteroatoms. The van der Waals surface area contributed by atoms with Crippen molar-refractivity contribution in [3.8, 4) is 55.6 Å². The first-order valence-corrected chi connectivity index (χ1v) is 15.5. The lowest BCUT2D eigenvalue weighted by Gasteiger charge is -2.15. The summed E-state index contributed by atoms with van der Waals surface area (Å²) < 4.78 is 12.3. The van der Waals surface area contributed by atoms with Gasteiger partial charge in [0.05, 0.1) is 13.2 Å². The highest BCUT2D eigenvalue weighted by Crippen LogP contribution is 2.40. The van der Waals surface area contributed by atoms with Crippen molar-refractivity contribution in [3.63, 3.8) is 0 Å². The smallest absolute Gasteiger partial charge is 0.135 e. The van der Waals surface area contributed by atoms with Crippen LogP contribution in [0.25, 0.3) is 77.6 Å². The van der Waals surface area contributed by atoms with Crippen LogP contribution >= 0.6 is 0 Å². The Bertz CT molecular complexity index is 2340. The van der Waals surface area contributed by atoms with E-state index in [0.717, 1.165) is 60.9 Å². The molecule has 3 aromatic heterocycles. The maximum Gasteiger partial charge on any atom is 0.135 e. The van der Waals surface area contributed by atoms with Crippen LogP contribution in [0.3, 0.4) is 0 Å². The summed E-state index contributed by atoms with van der Waals surface area (Å²) in [5, 5.41) is 2.27. The zero-order chi connectivity index (χ0) is 30.5. The van der Waals surface area contributed by atoms with Gasteiger partial charge >= 0.3 is 0 Å². The van der Waals surface area contributed by atoms with E-state index in [0.29, 0.717) is 13.2 Å². The number of benzene rings is 5. The molecule has 4 heterocycles. The lowest BCUT2D eigenvalue weighted by atomic mass is 9.89. The summed E-state index contributed by atoms with van der Waals surface area (Å²) in [4.78, 5) is 8.76. The highest BCUT2D eigenvalue weighted by molar-refractivity contribution is 6.06. The predicted octanol–water partition coefficient (Wildman–Crippen LogP) is 10.7. The van der Waals surface area contributed by atoms with Crippen molar-refractivity contribution in [1.29, 1.82) is 0 Å². The van der Waals surface area contributed by atoms with Gasteiger partial charge < -0.3 is 9.15 Å². The third-order valence-corrected chi connectivity index (χ3v) is 8.99. The fourth-order valence-electron chi connectivity index (χ4n) is 6.66. The van der Waals surface area contributed by atoms with E-state index in [1.165, 1.54) is 27.8 Å². The molecule has 0 saturated heterocycles. The van der Waals surface area contributed by atoms with Crippen LogP contribution in [0.1, 0.15) is 11.1 Å². The third-order valence-electron chi connectivity index (χ3n) is 8.99. The molecule has 218 valence electrons. The number of hydrogen-bond acceptors (Lipinski definition) is 4. The Kier molecular flexibility index (Phi) is 6.32. The molecule has 46 heavy (non-hydrogen) atoms. The van der Waals surface area contributed by atoms with Crippen LogP contribution in [-0.2, 0) is 18.0 Å². The number of rotatable bonds is 4. The van der Waals surface area contributed by atoms with Gasteiger partial charge in [0, 0.05) is 46.7 Å². The van der Waals surface area contributed by atoms with Gasteiger partial charge in [-0.3, -0.25) is 9.97 Å². The largest absolute Gasteiger partial charge is 0.456 e. The zero-order valence-corrected chi connectivity index (χ0v) is 25.0. The average molecular weight is 593 g/mol. The molecule has 9 rings (SSSR count).